The first-order chi connectivity index (χ1) is 18.2. The molecule has 0 spiro atoms. The highest BCUT2D eigenvalue weighted by Crippen LogP contribution is 2.52. The van der Waals surface area contributed by atoms with Gasteiger partial charge in [-0.15, -0.1) is 0 Å². The van der Waals surface area contributed by atoms with Crippen molar-refractivity contribution in [1.82, 2.24) is 25.6 Å². The molecule has 0 radical (unpaired) electrons. The van der Waals surface area contributed by atoms with Gasteiger partial charge in [0, 0.05) is 51.2 Å². The van der Waals surface area contributed by atoms with Crippen molar-refractivity contribution in [2.24, 2.45) is 29.6 Å². The number of nitrogens with zero attached hydrogens (tertiary/aromatic N) is 3. The first-order valence-electron chi connectivity index (χ1n) is 14.1. The molecule has 0 aromatic heterocycles. The van der Waals surface area contributed by atoms with Gasteiger partial charge in [-0.1, -0.05) is 6.42 Å². The van der Waals surface area contributed by atoms with Crippen LogP contribution in [0.5, 0.6) is 0 Å². The Kier molecular flexibility index (Phi) is 7.97. The van der Waals surface area contributed by atoms with Crippen LogP contribution in [-0.2, 0) is 9.53 Å². The molecule has 3 saturated heterocycles. The highest BCUT2D eigenvalue weighted by atomic mass is 19.4. The number of likely N-dealkylation sites (tertiary alicyclic amines) is 2. The van der Waals surface area contributed by atoms with Crippen LogP contribution in [0.25, 0.3) is 0 Å². The Morgan fingerprint density at radius 1 is 1.03 bits per heavy atom. The van der Waals surface area contributed by atoms with Gasteiger partial charge in [0.2, 0.25) is 5.91 Å². The highest BCUT2D eigenvalue weighted by molar-refractivity contribution is 5.82. The second kappa shape index (κ2) is 10.6. The maximum absolute atomic E-state index is 16.0. The fraction of sp³-hybridized carbons (Fsp3) is 0.962. The number of rotatable bonds is 7. The number of carbonyl (C=O) groups is 1. The van der Waals surface area contributed by atoms with E-state index in [0.29, 0.717) is 38.9 Å². The minimum absolute atomic E-state index is 0.0159. The topological polar surface area (TPSA) is 60.1 Å². The number of halogens is 6. The van der Waals surface area contributed by atoms with Crippen LogP contribution >= 0.6 is 0 Å². The van der Waals surface area contributed by atoms with Gasteiger partial charge in [-0.25, -0.2) is 15.2 Å². The Morgan fingerprint density at radius 3 is 2.36 bits per heavy atom. The lowest BCUT2D eigenvalue weighted by Crippen LogP contribution is -2.62. The van der Waals surface area contributed by atoms with Gasteiger partial charge in [0.1, 0.15) is 6.17 Å². The van der Waals surface area contributed by atoms with E-state index in [2.05, 4.69) is 15.8 Å². The smallest absolute Gasteiger partial charge is 0.379 e. The second-order valence-electron chi connectivity index (χ2n) is 12.7. The molecule has 5 aliphatic rings. The van der Waals surface area contributed by atoms with Crippen LogP contribution in [0.1, 0.15) is 45.4 Å². The molecule has 39 heavy (non-hydrogen) atoms. The van der Waals surface area contributed by atoms with Gasteiger partial charge < -0.3 is 9.64 Å². The molecule has 2 aliphatic carbocycles. The number of amides is 1. The Morgan fingerprint density at radius 2 is 1.74 bits per heavy atom. The van der Waals surface area contributed by atoms with E-state index < -0.39 is 53.6 Å². The summed E-state index contributed by atoms with van der Waals surface area (Å²) in [7, 11) is 3.08. The zero-order valence-electron chi connectivity index (χ0n) is 22.8. The van der Waals surface area contributed by atoms with Crippen LogP contribution in [0.15, 0.2) is 0 Å². The van der Waals surface area contributed by atoms with Gasteiger partial charge >= 0.3 is 12.1 Å². The van der Waals surface area contributed by atoms with E-state index in [0.717, 1.165) is 6.92 Å². The van der Waals surface area contributed by atoms with Crippen LogP contribution in [0.3, 0.4) is 0 Å². The molecule has 7 nitrogen and oxygen atoms in total. The predicted molar refractivity (Wildman–Crippen MR) is 131 cm³/mol. The first kappa shape index (κ1) is 29.3. The third-order valence-electron chi connectivity index (χ3n) is 10.3. The molecular weight excluding hydrogens is 528 g/mol. The number of fused-ring (bicyclic) bond motifs is 1. The summed E-state index contributed by atoms with van der Waals surface area (Å²) < 4.78 is 94.8. The quantitative estimate of drug-likeness (QED) is 0.460. The van der Waals surface area contributed by atoms with Gasteiger partial charge in [0.25, 0.3) is 0 Å². The number of ether oxygens (including phenoxy) is 1. The molecule has 5 rings (SSSR count). The van der Waals surface area contributed by atoms with Crippen LogP contribution in [0, 0.1) is 29.6 Å². The summed E-state index contributed by atoms with van der Waals surface area (Å²) >= 11 is 0. The van der Waals surface area contributed by atoms with Crippen molar-refractivity contribution in [2.75, 3.05) is 47.0 Å². The van der Waals surface area contributed by atoms with E-state index in [9.17, 15) is 18.0 Å². The van der Waals surface area contributed by atoms with Crippen molar-refractivity contribution in [1.29, 1.82) is 0 Å². The zero-order valence-corrected chi connectivity index (χ0v) is 22.8. The van der Waals surface area contributed by atoms with Crippen molar-refractivity contribution < 1.29 is 35.9 Å². The van der Waals surface area contributed by atoms with Crippen molar-refractivity contribution in [3.63, 3.8) is 0 Å². The molecule has 1 amide bonds. The first-order valence-corrected chi connectivity index (χ1v) is 14.1. The summed E-state index contributed by atoms with van der Waals surface area (Å²) in [6.07, 6.45) is -4.30. The van der Waals surface area contributed by atoms with E-state index in [4.69, 9.17) is 4.74 Å². The number of hydrazine groups is 1. The van der Waals surface area contributed by atoms with E-state index in [1.807, 2.05) is 0 Å². The lowest BCUT2D eigenvalue weighted by molar-refractivity contribution is -0.205. The second-order valence-corrected chi connectivity index (χ2v) is 12.7. The lowest BCUT2D eigenvalue weighted by atomic mass is 9.68. The van der Waals surface area contributed by atoms with E-state index in [1.165, 1.54) is 16.8 Å². The minimum atomic E-state index is -4.43. The fourth-order valence-electron chi connectivity index (χ4n) is 7.87. The normalized spacial score (nSPS) is 39.1. The maximum atomic E-state index is 16.0. The van der Waals surface area contributed by atoms with Crippen LogP contribution < -0.4 is 10.9 Å². The minimum Gasteiger partial charge on any atom is -0.379 e. The molecule has 224 valence electrons. The Hall–Kier alpha value is -1.15. The Bertz CT molecular complexity index is 901. The van der Waals surface area contributed by atoms with Crippen LogP contribution in [0.4, 0.5) is 26.3 Å². The third-order valence-corrected chi connectivity index (χ3v) is 10.3. The van der Waals surface area contributed by atoms with Gasteiger partial charge in [-0.3, -0.25) is 14.6 Å². The number of methoxy groups -OCH3 is 1. The van der Waals surface area contributed by atoms with Gasteiger partial charge in [0.05, 0.1) is 18.7 Å². The SMILES string of the molecule is COC1CN(CC2CC3C(=O)N(C4CCCC([C@@](C)(F)C(F)(F)C5NNCN5C)C4)CC3C(C(F)(F)F)C2)C1. The molecule has 2 N–H and O–H groups in total. The van der Waals surface area contributed by atoms with Gasteiger partial charge in [-0.2, -0.15) is 22.0 Å². The number of nitrogens with one attached hydrogen (secondary N) is 2. The molecule has 3 aliphatic heterocycles. The molecule has 2 saturated carbocycles. The highest BCUT2D eigenvalue weighted by Gasteiger charge is 2.63. The number of carbonyl (C=O) groups excluding carboxylic acids is 1. The fourth-order valence-corrected chi connectivity index (χ4v) is 7.87. The van der Waals surface area contributed by atoms with Crippen LogP contribution in [0.2, 0.25) is 0 Å². The molecule has 13 heteroatoms. The largest absolute Gasteiger partial charge is 0.392 e. The Labute approximate surface area is 225 Å². The van der Waals surface area contributed by atoms with Gasteiger partial charge in [-0.05, 0) is 57.9 Å². The number of hydrogen-bond acceptors (Lipinski definition) is 6. The molecule has 0 aromatic carbocycles. The monoisotopic (exact) mass is 569 g/mol. The number of hydrogen-bond donors (Lipinski definition) is 2. The summed E-state index contributed by atoms with van der Waals surface area (Å²) in [6, 6.07) is -0.537. The maximum Gasteiger partial charge on any atom is 0.392 e. The third kappa shape index (κ3) is 5.30. The summed E-state index contributed by atoms with van der Waals surface area (Å²) in [5.74, 6) is -8.50. The molecule has 0 aromatic rings. The van der Waals surface area contributed by atoms with Crippen molar-refractivity contribution in [2.45, 2.75) is 81.5 Å². The molecule has 3 heterocycles. The molecule has 5 fully saturated rings. The average molecular weight is 570 g/mol. The van der Waals surface area contributed by atoms with E-state index >= 15 is 13.2 Å². The Balaban J connectivity index is 1.29. The molecule has 0 bridgehead atoms. The summed E-state index contributed by atoms with van der Waals surface area (Å²) in [5, 5.41) is 0. The van der Waals surface area contributed by atoms with Crippen molar-refractivity contribution in [3.05, 3.63) is 0 Å². The van der Waals surface area contributed by atoms with Crippen molar-refractivity contribution in [3.8, 4) is 0 Å². The summed E-state index contributed by atoms with van der Waals surface area (Å²) in [4.78, 5) is 18.5. The summed E-state index contributed by atoms with van der Waals surface area (Å²) in [5.41, 5.74) is 2.20. The zero-order chi connectivity index (χ0) is 28.3. The van der Waals surface area contributed by atoms with E-state index in [1.54, 1.807) is 7.11 Å². The molecular formula is C26H41F6N5O2. The average Bonchev–Trinajstić information content (AvgIpc) is 3.43. The molecule has 8 atom stereocenters. The molecule has 7 unspecified atom stereocenters. The van der Waals surface area contributed by atoms with Crippen molar-refractivity contribution >= 4 is 5.91 Å². The van der Waals surface area contributed by atoms with Crippen LogP contribution in [-0.4, -0.2) is 104 Å². The summed E-state index contributed by atoms with van der Waals surface area (Å²) in [6.45, 7) is 2.88. The van der Waals surface area contributed by atoms with E-state index in [-0.39, 0.29) is 50.4 Å². The predicted octanol–water partition coefficient (Wildman–Crippen LogP) is 3.23. The lowest BCUT2D eigenvalue weighted by Gasteiger charge is -2.45. The standard InChI is InChI=1S/C26H41F6N5O2/c1-24(27,25(28,29)23-34-33-14-35(23)2)16-5-4-6-17(9-16)37-13-20-19(22(37)38)7-15(8-21(20)26(30,31)32)10-36-11-18(12-36)39-3/h15-21,23,33-34H,4-14H2,1-3H3/t15?,16?,17?,19?,20?,21?,23?,24-/m1/s1. The number of alkyl halides is 6. The van der Waals surface area contributed by atoms with Gasteiger partial charge in [0.15, 0.2) is 5.67 Å².